The smallest absolute Gasteiger partial charge is 0.222 e. The second-order valence-electron chi connectivity index (χ2n) is 6.95. The summed E-state index contributed by atoms with van der Waals surface area (Å²) in [5.41, 5.74) is -0.0122. The van der Waals surface area contributed by atoms with Crippen LogP contribution in [0.5, 0.6) is 5.75 Å². The zero-order valence-electron chi connectivity index (χ0n) is 14.6. The molecule has 1 amide bonds. The number of likely N-dealkylation sites (tertiary alicyclic amines) is 1. The number of hydrogen-bond donors (Lipinski definition) is 0. The first-order valence-corrected chi connectivity index (χ1v) is 9.15. The zero-order chi connectivity index (χ0) is 16.8. The van der Waals surface area contributed by atoms with Crippen molar-refractivity contribution in [1.29, 1.82) is 0 Å². The van der Waals surface area contributed by atoms with Crippen LogP contribution in [0.25, 0.3) is 0 Å². The molecule has 1 aromatic heterocycles. The second kappa shape index (κ2) is 7.97. The number of carbonyl (C=O) groups is 1. The Morgan fingerprint density at radius 3 is 3.00 bits per heavy atom. The molecule has 1 spiro atoms. The molecular weight excluding hydrogens is 304 g/mol. The summed E-state index contributed by atoms with van der Waals surface area (Å²) >= 11 is 0. The average molecular weight is 332 g/mol. The molecule has 0 bridgehead atoms. The molecule has 0 aromatic carbocycles. The highest BCUT2D eigenvalue weighted by Crippen LogP contribution is 2.38. The molecule has 2 fully saturated rings. The van der Waals surface area contributed by atoms with Gasteiger partial charge >= 0.3 is 0 Å². The number of piperidine rings is 1. The van der Waals surface area contributed by atoms with E-state index in [2.05, 4.69) is 4.98 Å². The van der Waals surface area contributed by atoms with Crippen LogP contribution in [0.1, 0.15) is 45.4 Å². The fourth-order valence-corrected chi connectivity index (χ4v) is 3.89. The Hall–Kier alpha value is -1.62. The number of hydrogen-bond acceptors (Lipinski definition) is 4. The van der Waals surface area contributed by atoms with Gasteiger partial charge in [0.25, 0.3) is 0 Å². The summed E-state index contributed by atoms with van der Waals surface area (Å²) in [4.78, 5) is 17.9. The number of nitrogens with zero attached hydrogens (tertiary/aromatic N) is 2. The molecule has 3 rings (SSSR count). The topological polar surface area (TPSA) is 51.7 Å². The molecule has 2 aliphatic rings. The van der Waals surface area contributed by atoms with Gasteiger partial charge in [-0.25, -0.2) is 0 Å². The zero-order valence-corrected chi connectivity index (χ0v) is 14.6. The highest BCUT2D eigenvalue weighted by atomic mass is 16.5. The standard InChI is InChI=1S/C19H28N2O3/c1-2-18(22)21-10-7-19(8-11-21)14-16(6-13-24-19)5-12-23-17-4-3-9-20-15-17/h3-4,9,15-16H,2,5-8,10-14H2,1H3. The molecule has 1 aromatic rings. The van der Waals surface area contributed by atoms with Crippen molar-refractivity contribution < 1.29 is 14.3 Å². The van der Waals surface area contributed by atoms with Gasteiger partial charge in [-0.3, -0.25) is 9.78 Å². The van der Waals surface area contributed by atoms with Gasteiger partial charge < -0.3 is 14.4 Å². The highest BCUT2D eigenvalue weighted by molar-refractivity contribution is 5.75. The monoisotopic (exact) mass is 332 g/mol. The summed E-state index contributed by atoms with van der Waals surface area (Å²) in [5.74, 6) is 1.75. The van der Waals surface area contributed by atoms with Crippen LogP contribution in [0.4, 0.5) is 0 Å². The molecule has 3 heterocycles. The van der Waals surface area contributed by atoms with Gasteiger partial charge in [-0.05, 0) is 50.2 Å². The van der Waals surface area contributed by atoms with Crippen LogP contribution in [-0.2, 0) is 9.53 Å². The maximum atomic E-state index is 11.8. The maximum Gasteiger partial charge on any atom is 0.222 e. The Balaban J connectivity index is 1.45. The van der Waals surface area contributed by atoms with E-state index in [4.69, 9.17) is 9.47 Å². The summed E-state index contributed by atoms with van der Waals surface area (Å²) in [6.45, 7) is 5.17. The van der Waals surface area contributed by atoms with E-state index < -0.39 is 0 Å². The van der Waals surface area contributed by atoms with Crippen LogP contribution in [0.2, 0.25) is 0 Å². The Bertz CT molecular complexity index is 527. The molecule has 0 radical (unpaired) electrons. The normalized spacial score (nSPS) is 23.2. The molecule has 5 nitrogen and oxygen atoms in total. The minimum atomic E-state index is -0.0122. The SMILES string of the molecule is CCC(=O)N1CCC2(CC1)CC(CCOc1cccnc1)CCO2. The third-order valence-electron chi connectivity index (χ3n) is 5.35. The van der Waals surface area contributed by atoms with E-state index in [1.807, 2.05) is 24.0 Å². The molecule has 2 saturated heterocycles. The molecular formula is C19H28N2O3. The minimum Gasteiger partial charge on any atom is -0.492 e. The van der Waals surface area contributed by atoms with E-state index in [1.54, 1.807) is 12.4 Å². The summed E-state index contributed by atoms with van der Waals surface area (Å²) < 4.78 is 12.0. The molecule has 132 valence electrons. The quantitative estimate of drug-likeness (QED) is 0.831. The molecule has 1 atom stereocenters. The van der Waals surface area contributed by atoms with Crippen LogP contribution in [0.15, 0.2) is 24.5 Å². The lowest BCUT2D eigenvalue weighted by Gasteiger charge is -2.46. The number of aromatic nitrogens is 1. The van der Waals surface area contributed by atoms with Gasteiger partial charge in [-0.15, -0.1) is 0 Å². The first kappa shape index (κ1) is 17.2. The fourth-order valence-electron chi connectivity index (χ4n) is 3.89. The molecule has 0 aliphatic carbocycles. The van der Waals surface area contributed by atoms with Crippen molar-refractivity contribution in [3.8, 4) is 5.75 Å². The van der Waals surface area contributed by atoms with E-state index in [1.165, 1.54) is 0 Å². The molecule has 24 heavy (non-hydrogen) atoms. The number of ether oxygens (including phenoxy) is 2. The third kappa shape index (κ3) is 4.26. The van der Waals surface area contributed by atoms with E-state index in [-0.39, 0.29) is 11.5 Å². The highest BCUT2D eigenvalue weighted by Gasteiger charge is 2.40. The third-order valence-corrected chi connectivity index (χ3v) is 5.35. The van der Waals surface area contributed by atoms with E-state index >= 15 is 0 Å². The largest absolute Gasteiger partial charge is 0.492 e. The Kier molecular flexibility index (Phi) is 5.72. The lowest BCUT2D eigenvalue weighted by molar-refractivity contribution is -0.147. The van der Waals surface area contributed by atoms with Crippen LogP contribution >= 0.6 is 0 Å². The van der Waals surface area contributed by atoms with Gasteiger partial charge in [0.15, 0.2) is 0 Å². The first-order chi connectivity index (χ1) is 11.7. The number of amides is 1. The van der Waals surface area contributed by atoms with Gasteiger partial charge in [0.1, 0.15) is 5.75 Å². The summed E-state index contributed by atoms with van der Waals surface area (Å²) in [6, 6.07) is 3.84. The molecule has 2 aliphatic heterocycles. The lowest BCUT2D eigenvalue weighted by Crippen LogP contribution is -2.50. The average Bonchev–Trinajstić information content (AvgIpc) is 2.63. The number of carbonyl (C=O) groups excluding carboxylic acids is 1. The Morgan fingerprint density at radius 1 is 1.46 bits per heavy atom. The van der Waals surface area contributed by atoms with Crippen LogP contribution < -0.4 is 4.74 Å². The minimum absolute atomic E-state index is 0.0122. The molecule has 0 saturated carbocycles. The fraction of sp³-hybridized carbons (Fsp3) is 0.684. The predicted octanol–water partition coefficient (Wildman–Crippen LogP) is 3.05. The van der Waals surface area contributed by atoms with Gasteiger partial charge in [-0.2, -0.15) is 0 Å². The number of pyridine rings is 1. The summed E-state index contributed by atoms with van der Waals surface area (Å²) in [5, 5.41) is 0. The maximum absolute atomic E-state index is 11.8. The summed E-state index contributed by atoms with van der Waals surface area (Å²) in [7, 11) is 0. The Labute approximate surface area is 144 Å². The number of rotatable bonds is 5. The van der Waals surface area contributed by atoms with Crippen LogP contribution in [0.3, 0.4) is 0 Å². The van der Waals surface area contributed by atoms with Gasteiger partial charge in [0.2, 0.25) is 5.91 Å². The van der Waals surface area contributed by atoms with Crippen molar-refractivity contribution in [2.75, 3.05) is 26.3 Å². The Morgan fingerprint density at radius 2 is 2.29 bits per heavy atom. The van der Waals surface area contributed by atoms with Crippen molar-refractivity contribution >= 4 is 5.91 Å². The van der Waals surface area contributed by atoms with Crippen LogP contribution in [0, 0.1) is 5.92 Å². The summed E-state index contributed by atoms with van der Waals surface area (Å²) in [6.07, 6.45) is 9.31. The van der Waals surface area contributed by atoms with Crippen molar-refractivity contribution in [2.24, 2.45) is 5.92 Å². The van der Waals surface area contributed by atoms with E-state index in [9.17, 15) is 4.79 Å². The van der Waals surface area contributed by atoms with Gasteiger partial charge in [-0.1, -0.05) is 6.92 Å². The lowest BCUT2D eigenvalue weighted by atomic mass is 9.78. The second-order valence-corrected chi connectivity index (χ2v) is 6.95. The molecule has 1 unspecified atom stereocenters. The molecule has 0 N–H and O–H groups in total. The van der Waals surface area contributed by atoms with Crippen molar-refractivity contribution in [3.05, 3.63) is 24.5 Å². The van der Waals surface area contributed by atoms with Gasteiger partial charge in [0, 0.05) is 32.3 Å². The van der Waals surface area contributed by atoms with E-state index in [0.29, 0.717) is 12.3 Å². The van der Waals surface area contributed by atoms with Crippen molar-refractivity contribution in [3.63, 3.8) is 0 Å². The van der Waals surface area contributed by atoms with Crippen molar-refractivity contribution in [2.45, 2.75) is 51.0 Å². The van der Waals surface area contributed by atoms with Crippen LogP contribution in [-0.4, -0.2) is 47.7 Å². The van der Waals surface area contributed by atoms with Gasteiger partial charge in [0.05, 0.1) is 18.4 Å². The predicted molar refractivity (Wildman–Crippen MR) is 91.9 cm³/mol. The first-order valence-electron chi connectivity index (χ1n) is 9.15. The van der Waals surface area contributed by atoms with E-state index in [0.717, 1.165) is 64.2 Å². The molecule has 5 heteroatoms. The van der Waals surface area contributed by atoms with Crippen molar-refractivity contribution in [1.82, 2.24) is 9.88 Å².